The molecule has 1 heterocycles. The molecule has 0 bridgehead atoms. The highest BCUT2D eigenvalue weighted by molar-refractivity contribution is 8.00. The third-order valence-corrected chi connectivity index (χ3v) is 4.71. The van der Waals surface area contributed by atoms with Gasteiger partial charge in [0.25, 0.3) is 0 Å². The smallest absolute Gasteiger partial charge is 0.321 e. The molecule has 0 unspecified atom stereocenters. The first-order chi connectivity index (χ1) is 12.5. The second kappa shape index (κ2) is 9.35. The highest BCUT2D eigenvalue weighted by Crippen LogP contribution is 2.27. The molecule has 1 atom stereocenters. The minimum atomic E-state index is -0.538. The minimum Gasteiger partial charge on any atom is -0.383 e. The summed E-state index contributed by atoms with van der Waals surface area (Å²) in [6, 6.07) is 7.44. The Balaban J connectivity index is 2.25. The van der Waals surface area contributed by atoms with Gasteiger partial charge in [-0.15, -0.1) is 10.2 Å². The van der Waals surface area contributed by atoms with E-state index in [9.17, 15) is 9.59 Å². The quantitative estimate of drug-likeness (QED) is 0.715. The van der Waals surface area contributed by atoms with Crippen LogP contribution < -0.4 is 10.6 Å². The van der Waals surface area contributed by atoms with E-state index in [4.69, 9.17) is 4.74 Å². The Morgan fingerprint density at radius 2 is 2.12 bits per heavy atom. The predicted molar refractivity (Wildman–Crippen MR) is 100.0 cm³/mol. The van der Waals surface area contributed by atoms with Gasteiger partial charge in [0.05, 0.1) is 18.4 Å². The van der Waals surface area contributed by atoms with Crippen molar-refractivity contribution in [3.8, 4) is 11.4 Å². The Labute approximate surface area is 156 Å². The Morgan fingerprint density at radius 1 is 1.35 bits per heavy atom. The molecular weight excluding hydrogens is 354 g/mol. The third-order valence-electron chi connectivity index (χ3n) is 3.63. The van der Waals surface area contributed by atoms with Crippen molar-refractivity contribution in [2.45, 2.75) is 30.8 Å². The lowest BCUT2D eigenvalue weighted by atomic mass is 10.1. The number of imide groups is 1. The van der Waals surface area contributed by atoms with Crippen LogP contribution >= 0.6 is 11.8 Å². The lowest BCUT2D eigenvalue weighted by Crippen LogP contribution is -2.41. The van der Waals surface area contributed by atoms with Crippen LogP contribution in [0.4, 0.5) is 4.79 Å². The molecule has 0 saturated heterocycles. The summed E-state index contributed by atoms with van der Waals surface area (Å²) in [7, 11) is 3.08. The Kier molecular flexibility index (Phi) is 7.16. The average molecular weight is 377 g/mol. The van der Waals surface area contributed by atoms with Crippen molar-refractivity contribution in [3.05, 3.63) is 29.8 Å². The molecule has 3 amide bonds. The number of hydrogen-bond acceptors (Lipinski definition) is 6. The molecule has 2 aromatic rings. The number of methoxy groups -OCH3 is 1. The third kappa shape index (κ3) is 5.06. The fraction of sp³-hybridized carbons (Fsp3) is 0.412. The molecule has 0 aliphatic carbocycles. The maximum Gasteiger partial charge on any atom is 0.321 e. The van der Waals surface area contributed by atoms with E-state index in [2.05, 4.69) is 20.8 Å². The minimum absolute atomic E-state index is 0.396. The average Bonchev–Trinajstić information content (AvgIpc) is 3.02. The number of amides is 3. The SMILES string of the molecule is CNC(=O)NC(=O)[C@H](C)Sc1nnc(-c2cccc(C)c2)n1CCOC. The molecule has 1 aromatic heterocycles. The van der Waals surface area contributed by atoms with E-state index in [1.807, 2.05) is 35.8 Å². The molecule has 140 valence electrons. The normalized spacial score (nSPS) is 11.8. The summed E-state index contributed by atoms with van der Waals surface area (Å²) in [4.78, 5) is 23.4. The van der Waals surface area contributed by atoms with Crippen LogP contribution in [0.15, 0.2) is 29.4 Å². The Hall–Kier alpha value is -2.39. The zero-order chi connectivity index (χ0) is 19.1. The number of hydrogen-bond donors (Lipinski definition) is 2. The Bertz CT molecular complexity index is 778. The van der Waals surface area contributed by atoms with Crippen LogP contribution in [0.3, 0.4) is 0 Å². The number of carbonyl (C=O) groups is 2. The van der Waals surface area contributed by atoms with E-state index in [0.29, 0.717) is 24.1 Å². The van der Waals surface area contributed by atoms with E-state index >= 15 is 0 Å². The number of aromatic nitrogens is 3. The van der Waals surface area contributed by atoms with Crippen LogP contribution in [0.2, 0.25) is 0 Å². The summed E-state index contributed by atoms with van der Waals surface area (Å²) in [5.41, 5.74) is 2.07. The maximum absolute atomic E-state index is 12.1. The zero-order valence-corrected chi connectivity index (χ0v) is 16.1. The molecule has 2 N–H and O–H groups in total. The lowest BCUT2D eigenvalue weighted by molar-refractivity contribution is -0.119. The number of ether oxygens (including phenoxy) is 1. The van der Waals surface area contributed by atoms with Crippen molar-refractivity contribution in [1.29, 1.82) is 0 Å². The predicted octanol–water partition coefficient (Wildman–Crippen LogP) is 1.84. The molecule has 0 fully saturated rings. The van der Waals surface area contributed by atoms with Gasteiger partial charge >= 0.3 is 6.03 Å². The molecular formula is C17H23N5O3S. The fourth-order valence-electron chi connectivity index (χ4n) is 2.25. The van der Waals surface area contributed by atoms with Gasteiger partial charge in [0, 0.05) is 19.7 Å². The Morgan fingerprint density at radius 3 is 2.77 bits per heavy atom. The first-order valence-electron chi connectivity index (χ1n) is 8.14. The van der Waals surface area contributed by atoms with Crippen LogP contribution in [-0.2, 0) is 16.1 Å². The number of nitrogens with one attached hydrogen (secondary N) is 2. The van der Waals surface area contributed by atoms with E-state index in [1.165, 1.54) is 18.8 Å². The lowest BCUT2D eigenvalue weighted by Gasteiger charge is -2.13. The maximum atomic E-state index is 12.1. The molecule has 0 radical (unpaired) electrons. The second-order valence-corrected chi connectivity index (χ2v) is 6.96. The first-order valence-corrected chi connectivity index (χ1v) is 9.02. The van der Waals surface area contributed by atoms with Crippen molar-refractivity contribution < 1.29 is 14.3 Å². The zero-order valence-electron chi connectivity index (χ0n) is 15.3. The van der Waals surface area contributed by atoms with E-state index in [0.717, 1.165) is 11.1 Å². The molecule has 26 heavy (non-hydrogen) atoms. The van der Waals surface area contributed by atoms with Crippen molar-refractivity contribution in [3.63, 3.8) is 0 Å². The topological polar surface area (TPSA) is 98.1 Å². The first kappa shape index (κ1) is 19.9. The van der Waals surface area contributed by atoms with Crippen molar-refractivity contribution in [2.24, 2.45) is 0 Å². The van der Waals surface area contributed by atoms with Gasteiger partial charge in [-0.25, -0.2) is 4.79 Å². The summed E-state index contributed by atoms with van der Waals surface area (Å²) in [5, 5.41) is 13.2. The summed E-state index contributed by atoms with van der Waals surface area (Å²) >= 11 is 1.24. The number of urea groups is 1. The summed E-state index contributed by atoms with van der Waals surface area (Å²) in [5.74, 6) is 0.319. The van der Waals surface area contributed by atoms with Crippen molar-refractivity contribution >= 4 is 23.7 Å². The van der Waals surface area contributed by atoms with E-state index < -0.39 is 17.2 Å². The largest absolute Gasteiger partial charge is 0.383 e. The molecule has 1 aromatic carbocycles. The summed E-state index contributed by atoms with van der Waals surface area (Å²) in [6.07, 6.45) is 0. The van der Waals surface area contributed by atoms with Crippen molar-refractivity contribution in [1.82, 2.24) is 25.4 Å². The van der Waals surface area contributed by atoms with Gasteiger partial charge in [0.15, 0.2) is 11.0 Å². The number of aryl methyl sites for hydroxylation is 1. The van der Waals surface area contributed by atoms with Gasteiger partial charge in [-0.2, -0.15) is 0 Å². The molecule has 9 heteroatoms. The van der Waals surface area contributed by atoms with Crippen LogP contribution in [0, 0.1) is 6.92 Å². The van der Waals surface area contributed by atoms with Gasteiger partial charge < -0.3 is 10.1 Å². The number of benzene rings is 1. The second-order valence-electron chi connectivity index (χ2n) is 5.65. The van der Waals surface area contributed by atoms with Gasteiger partial charge in [0.1, 0.15) is 0 Å². The van der Waals surface area contributed by atoms with E-state index in [1.54, 1.807) is 14.0 Å². The highest BCUT2D eigenvalue weighted by Gasteiger charge is 2.22. The summed E-state index contributed by atoms with van der Waals surface area (Å²) in [6.45, 7) is 4.77. The fourth-order valence-corrected chi connectivity index (χ4v) is 3.12. The van der Waals surface area contributed by atoms with Gasteiger partial charge in [-0.05, 0) is 19.9 Å². The molecule has 0 aliphatic rings. The monoisotopic (exact) mass is 377 g/mol. The van der Waals surface area contributed by atoms with Gasteiger partial charge in [-0.3, -0.25) is 14.7 Å². The number of rotatable bonds is 7. The molecule has 8 nitrogen and oxygen atoms in total. The molecule has 2 rings (SSSR count). The van der Waals surface area contributed by atoms with Crippen LogP contribution in [0.25, 0.3) is 11.4 Å². The number of nitrogens with zero attached hydrogens (tertiary/aromatic N) is 3. The summed E-state index contributed by atoms with van der Waals surface area (Å²) < 4.78 is 7.11. The van der Waals surface area contributed by atoms with Crippen LogP contribution in [0.1, 0.15) is 12.5 Å². The number of thioether (sulfide) groups is 1. The standard InChI is InChI=1S/C17H23N5O3S/c1-11-6-5-7-13(10-11)14-20-21-17(22(14)8-9-25-4)26-12(2)15(23)19-16(24)18-3/h5-7,10,12H,8-9H2,1-4H3,(H2,18,19,23,24)/t12-/m0/s1. The van der Waals surface area contributed by atoms with Crippen LogP contribution in [-0.4, -0.2) is 52.7 Å². The van der Waals surface area contributed by atoms with E-state index in [-0.39, 0.29) is 0 Å². The molecule has 0 spiro atoms. The van der Waals surface area contributed by atoms with Crippen molar-refractivity contribution in [2.75, 3.05) is 20.8 Å². The highest BCUT2D eigenvalue weighted by atomic mass is 32.2. The number of carbonyl (C=O) groups excluding carboxylic acids is 2. The van der Waals surface area contributed by atoms with Gasteiger partial charge in [-0.1, -0.05) is 35.5 Å². The molecule has 0 aliphatic heterocycles. The van der Waals surface area contributed by atoms with Gasteiger partial charge in [0.2, 0.25) is 5.91 Å². The molecule has 0 saturated carbocycles. The van der Waals surface area contributed by atoms with Crippen LogP contribution in [0.5, 0.6) is 0 Å².